The van der Waals surface area contributed by atoms with Gasteiger partial charge < -0.3 is 10.6 Å². The molecule has 1 fully saturated rings. The maximum Gasteiger partial charge on any atom is 0.234 e. The highest BCUT2D eigenvalue weighted by atomic mass is 16.2. The van der Waals surface area contributed by atoms with Gasteiger partial charge in [-0.25, -0.2) is 0 Å². The molecule has 2 N–H and O–H groups in total. The monoisotopic (exact) mass is 352 g/mol. The third-order valence-electron chi connectivity index (χ3n) is 5.18. The minimum atomic E-state index is 0.00144. The zero-order valence-corrected chi connectivity index (χ0v) is 15.8. The number of pyridine rings is 1. The molecule has 5 nitrogen and oxygen atoms in total. The highest BCUT2D eigenvalue weighted by Crippen LogP contribution is 2.21. The third kappa shape index (κ3) is 4.48. The minimum Gasteiger partial charge on any atom is -0.348 e. The molecule has 2 unspecified atom stereocenters. The van der Waals surface area contributed by atoms with Gasteiger partial charge in [0.05, 0.1) is 12.6 Å². The lowest BCUT2D eigenvalue weighted by Crippen LogP contribution is -2.49. The fourth-order valence-electron chi connectivity index (χ4n) is 3.43. The predicted octanol–water partition coefficient (Wildman–Crippen LogP) is 2.52. The topological polar surface area (TPSA) is 57.3 Å². The second kappa shape index (κ2) is 8.43. The highest BCUT2D eigenvalue weighted by Gasteiger charge is 2.26. The van der Waals surface area contributed by atoms with Gasteiger partial charge in [0.15, 0.2) is 0 Å². The molecule has 0 radical (unpaired) electrons. The van der Waals surface area contributed by atoms with Crippen LogP contribution < -0.4 is 10.6 Å². The summed E-state index contributed by atoms with van der Waals surface area (Å²) in [6, 6.07) is 10.6. The van der Waals surface area contributed by atoms with Crippen molar-refractivity contribution >= 4 is 5.91 Å². The van der Waals surface area contributed by atoms with E-state index in [9.17, 15) is 4.79 Å². The van der Waals surface area contributed by atoms with Gasteiger partial charge in [0.2, 0.25) is 5.91 Å². The van der Waals surface area contributed by atoms with E-state index in [4.69, 9.17) is 0 Å². The molecule has 26 heavy (non-hydrogen) atoms. The average molecular weight is 352 g/mol. The summed E-state index contributed by atoms with van der Waals surface area (Å²) in [5.74, 6) is 0.0616. The van der Waals surface area contributed by atoms with Crippen LogP contribution in [0.4, 0.5) is 0 Å². The molecule has 1 aliphatic heterocycles. The number of nitrogens with zero attached hydrogens (tertiary/aromatic N) is 2. The van der Waals surface area contributed by atoms with Crippen LogP contribution in [0.25, 0.3) is 0 Å². The number of hydrogen-bond acceptors (Lipinski definition) is 4. The van der Waals surface area contributed by atoms with Crippen molar-refractivity contribution in [2.75, 3.05) is 26.2 Å². The number of nitrogens with one attached hydrogen (secondary N) is 2. The first-order valence-corrected chi connectivity index (χ1v) is 9.26. The van der Waals surface area contributed by atoms with E-state index in [-0.39, 0.29) is 18.0 Å². The first-order chi connectivity index (χ1) is 12.5. The second-order valence-electron chi connectivity index (χ2n) is 7.11. The van der Waals surface area contributed by atoms with Gasteiger partial charge in [0.25, 0.3) is 0 Å². The van der Waals surface area contributed by atoms with E-state index in [0.29, 0.717) is 6.54 Å². The Morgan fingerprint density at radius 3 is 2.92 bits per heavy atom. The van der Waals surface area contributed by atoms with Crippen molar-refractivity contribution < 1.29 is 4.79 Å². The largest absolute Gasteiger partial charge is 0.348 e. The number of piperazine rings is 1. The molecule has 0 spiro atoms. The summed E-state index contributed by atoms with van der Waals surface area (Å²) in [5.41, 5.74) is 4.81. The fraction of sp³-hybridized carbons (Fsp3) is 0.429. The molecule has 2 heterocycles. The number of hydrogen-bond donors (Lipinski definition) is 2. The molecule has 1 aliphatic rings. The number of rotatable bonds is 5. The van der Waals surface area contributed by atoms with Gasteiger partial charge in [-0.15, -0.1) is 0 Å². The molecule has 2 aromatic rings. The Labute approximate surface area is 155 Å². The quantitative estimate of drug-likeness (QED) is 0.868. The molecule has 1 saturated heterocycles. The molecular formula is C21H28N4O. The van der Waals surface area contributed by atoms with Crippen molar-refractivity contribution in [3.8, 4) is 0 Å². The van der Waals surface area contributed by atoms with Crippen molar-refractivity contribution in [2.24, 2.45) is 0 Å². The summed E-state index contributed by atoms with van der Waals surface area (Å²) in [6.45, 7) is 9.24. The normalized spacial score (nSPS) is 19.1. The van der Waals surface area contributed by atoms with E-state index in [0.717, 1.165) is 30.8 Å². The zero-order chi connectivity index (χ0) is 18.5. The summed E-state index contributed by atoms with van der Waals surface area (Å²) in [4.78, 5) is 19.1. The van der Waals surface area contributed by atoms with Crippen LogP contribution in [0.3, 0.4) is 0 Å². The van der Waals surface area contributed by atoms with Crippen LogP contribution in [0, 0.1) is 13.8 Å². The van der Waals surface area contributed by atoms with Gasteiger partial charge in [-0.2, -0.15) is 0 Å². The van der Waals surface area contributed by atoms with Crippen molar-refractivity contribution in [3.05, 3.63) is 65.0 Å². The summed E-state index contributed by atoms with van der Waals surface area (Å²) < 4.78 is 0. The number of benzene rings is 1. The molecule has 3 rings (SSSR count). The van der Waals surface area contributed by atoms with Crippen molar-refractivity contribution in [1.82, 2.24) is 20.5 Å². The van der Waals surface area contributed by atoms with E-state index < -0.39 is 0 Å². The summed E-state index contributed by atoms with van der Waals surface area (Å²) in [5, 5.41) is 6.56. The first-order valence-electron chi connectivity index (χ1n) is 9.26. The Kier molecular flexibility index (Phi) is 6.01. The Bertz CT molecular complexity index is 747. The van der Waals surface area contributed by atoms with Crippen LogP contribution in [-0.4, -0.2) is 42.0 Å². The maximum absolute atomic E-state index is 12.6. The number of aryl methyl sites for hydroxylation is 2. The fourth-order valence-corrected chi connectivity index (χ4v) is 3.43. The van der Waals surface area contributed by atoms with Gasteiger partial charge in [-0.05, 0) is 49.1 Å². The lowest BCUT2D eigenvalue weighted by molar-refractivity contribution is -0.123. The van der Waals surface area contributed by atoms with Gasteiger partial charge in [0, 0.05) is 38.1 Å². The number of aromatic nitrogens is 1. The van der Waals surface area contributed by atoms with Gasteiger partial charge in [-0.1, -0.05) is 24.3 Å². The average Bonchev–Trinajstić information content (AvgIpc) is 2.65. The molecule has 0 aliphatic carbocycles. The Balaban J connectivity index is 1.63. The van der Waals surface area contributed by atoms with Crippen LogP contribution in [0.5, 0.6) is 0 Å². The molecule has 1 amide bonds. The van der Waals surface area contributed by atoms with Crippen molar-refractivity contribution in [3.63, 3.8) is 0 Å². The lowest BCUT2D eigenvalue weighted by Gasteiger charge is -2.36. The molecule has 0 saturated carbocycles. The number of carbonyl (C=O) groups is 1. The summed E-state index contributed by atoms with van der Waals surface area (Å²) >= 11 is 0. The molecule has 1 aromatic heterocycles. The van der Waals surface area contributed by atoms with Gasteiger partial charge in [-0.3, -0.25) is 14.7 Å². The molecule has 2 atom stereocenters. The SMILES string of the molecule is Cc1ccc(C(C)NC(=O)CN2CCNCC2c2cccnc2)cc1C. The summed E-state index contributed by atoms with van der Waals surface area (Å²) in [6.07, 6.45) is 3.67. The van der Waals surface area contributed by atoms with E-state index >= 15 is 0 Å². The Hall–Kier alpha value is -2.24. The van der Waals surface area contributed by atoms with Crippen LogP contribution >= 0.6 is 0 Å². The first kappa shape index (κ1) is 18.5. The van der Waals surface area contributed by atoms with Crippen molar-refractivity contribution in [2.45, 2.75) is 32.9 Å². The molecule has 5 heteroatoms. The molecule has 0 bridgehead atoms. The predicted molar refractivity (Wildman–Crippen MR) is 104 cm³/mol. The van der Waals surface area contributed by atoms with Gasteiger partial charge >= 0.3 is 0 Å². The van der Waals surface area contributed by atoms with Crippen LogP contribution in [-0.2, 0) is 4.79 Å². The Morgan fingerprint density at radius 1 is 1.35 bits per heavy atom. The number of carbonyl (C=O) groups excluding carboxylic acids is 1. The van der Waals surface area contributed by atoms with E-state index in [2.05, 4.69) is 58.6 Å². The minimum absolute atomic E-state index is 0.00144. The number of amides is 1. The van der Waals surface area contributed by atoms with Crippen molar-refractivity contribution in [1.29, 1.82) is 0 Å². The van der Waals surface area contributed by atoms with E-state index in [1.165, 1.54) is 11.1 Å². The molecular weight excluding hydrogens is 324 g/mol. The van der Waals surface area contributed by atoms with E-state index in [1.54, 1.807) is 6.20 Å². The van der Waals surface area contributed by atoms with Crippen LogP contribution in [0.1, 0.15) is 41.3 Å². The third-order valence-corrected chi connectivity index (χ3v) is 5.18. The standard InChI is InChI=1S/C21H28N4O/c1-15-6-7-18(11-16(15)2)17(3)24-21(26)14-25-10-9-23-13-20(25)19-5-4-8-22-12-19/h4-8,11-12,17,20,23H,9-10,13-14H2,1-3H3,(H,24,26). The lowest BCUT2D eigenvalue weighted by atomic mass is 10.0. The highest BCUT2D eigenvalue weighted by molar-refractivity contribution is 5.78. The molecule has 1 aromatic carbocycles. The van der Waals surface area contributed by atoms with Crippen LogP contribution in [0.2, 0.25) is 0 Å². The smallest absolute Gasteiger partial charge is 0.234 e. The second-order valence-corrected chi connectivity index (χ2v) is 7.11. The summed E-state index contributed by atoms with van der Waals surface area (Å²) in [7, 11) is 0. The molecule has 138 valence electrons. The maximum atomic E-state index is 12.6. The van der Waals surface area contributed by atoms with Gasteiger partial charge in [0.1, 0.15) is 0 Å². The zero-order valence-electron chi connectivity index (χ0n) is 15.8. The van der Waals surface area contributed by atoms with E-state index in [1.807, 2.05) is 19.2 Å². The van der Waals surface area contributed by atoms with Crippen LogP contribution in [0.15, 0.2) is 42.7 Å². The Morgan fingerprint density at radius 2 is 2.19 bits per heavy atom.